The molecule has 0 saturated heterocycles. The van der Waals surface area contributed by atoms with Gasteiger partial charge in [0.25, 0.3) is 0 Å². The van der Waals surface area contributed by atoms with Crippen molar-refractivity contribution < 1.29 is 9.47 Å². The van der Waals surface area contributed by atoms with Gasteiger partial charge in [-0.2, -0.15) is 0 Å². The van der Waals surface area contributed by atoms with Crippen molar-refractivity contribution in [2.45, 2.75) is 5.38 Å². The minimum Gasteiger partial charge on any atom is -0.496 e. The van der Waals surface area contributed by atoms with Crippen LogP contribution in [0.25, 0.3) is 0 Å². The number of hydrogen-bond acceptors (Lipinski definition) is 2. The second kappa shape index (κ2) is 7.10. The second-order valence-electron chi connectivity index (χ2n) is 4.23. The van der Waals surface area contributed by atoms with E-state index in [4.69, 9.17) is 44.3 Å². The standard InChI is InChI=1S/C15H12BrCl3O2/c1-20-12-7-9(16)13(21-2)6-8(12)15(19)14-10(17)4-3-5-11(14)18/h3-7,15H,1-2H3. The zero-order valence-corrected chi connectivity index (χ0v) is 15.1. The molecule has 2 aromatic carbocycles. The van der Waals surface area contributed by atoms with Crippen molar-refractivity contribution >= 4 is 50.7 Å². The largest absolute Gasteiger partial charge is 0.496 e. The molecular weight excluding hydrogens is 398 g/mol. The number of rotatable bonds is 4. The van der Waals surface area contributed by atoms with Crippen LogP contribution in [0, 0.1) is 0 Å². The first-order valence-corrected chi connectivity index (χ1v) is 7.97. The summed E-state index contributed by atoms with van der Waals surface area (Å²) in [5, 5.41) is 0.459. The molecule has 0 N–H and O–H groups in total. The van der Waals surface area contributed by atoms with E-state index in [1.807, 2.05) is 0 Å². The summed E-state index contributed by atoms with van der Waals surface area (Å²) in [6.07, 6.45) is 0. The molecule has 21 heavy (non-hydrogen) atoms. The fourth-order valence-corrected chi connectivity index (χ4v) is 3.61. The summed E-state index contributed by atoms with van der Waals surface area (Å²) in [6.45, 7) is 0. The monoisotopic (exact) mass is 408 g/mol. The van der Waals surface area contributed by atoms with Gasteiger partial charge in [0.15, 0.2) is 0 Å². The van der Waals surface area contributed by atoms with Gasteiger partial charge in [-0.05, 0) is 40.2 Å². The number of halogens is 4. The van der Waals surface area contributed by atoms with Crippen molar-refractivity contribution in [2.24, 2.45) is 0 Å². The molecule has 0 amide bonds. The van der Waals surface area contributed by atoms with Crippen LogP contribution in [0.3, 0.4) is 0 Å². The molecule has 0 heterocycles. The molecule has 0 radical (unpaired) electrons. The predicted molar refractivity (Wildman–Crippen MR) is 91.4 cm³/mol. The van der Waals surface area contributed by atoms with Crippen LogP contribution in [0.2, 0.25) is 10.0 Å². The Hall–Kier alpha value is -0.610. The zero-order valence-electron chi connectivity index (χ0n) is 11.3. The average molecular weight is 411 g/mol. The van der Waals surface area contributed by atoms with E-state index in [0.29, 0.717) is 27.1 Å². The molecule has 0 aliphatic heterocycles. The van der Waals surface area contributed by atoms with Crippen molar-refractivity contribution in [2.75, 3.05) is 14.2 Å². The maximum Gasteiger partial charge on any atom is 0.133 e. The number of hydrogen-bond donors (Lipinski definition) is 0. The van der Waals surface area contributed by atoms with Crippen molar-refractivity contribution in [1.82, 2.24) is 0 Å². The van der Waals surface area contributed by atoms with Crippen LogP contribution in [0.5, 0.6) is 11.5 Å². The Kier molecular flexibility index (Phi) is 5.67. The number of methoxy groups -OCH3 is 2. The van der Waals surface area contributed by atoms with Gasteiger partial charge in [0.05, 0.1) is 24.1 Å². The van der Waals surface area contributed by atoms with Crippen molar-refractivity contribution in [3.05, 3.63) is 56.0 Å². The number of ether oxygens (including phenoxy) is 2. The Morgan fingerprint density at radius 3 is 2.10 bits per heavy atom. The maximum absolute atomic E-state index is 6.59. The van der Waals surface area contributed by atoms with E-state index in [9.17, 15) is 0 Å². The van der Waals surface area contributed by atoms with Gasteiger partial charge in [0.2, 0.25) is 0 Å². The quantitative estimate of drug-likeness (QED) is 0.567. The third kappa shape index (κ3) is 3.42. The van der Waals surface area contributed by atoms with Gasteiger partial charge in [-0.1, -0.05) is 29.3 Å². The highest BCUT2D eigenvalue weighted by molar-refractivity contribution is 9.10. The van der Waals surface area contributed by atoms with E-state index in [-0.39, 0.29) is 0 Å². The van der Waals surface area contributed by atoms with Crippen molar-refractivity contribution in [1.29, 1.82) is 0 Å². The lowest BCUT2D eigenvalue weighted by molar-refractivity contribution is 0.397. The van der Waals surface area contributed by atoms with E-state index in [1.165, 1.54) is 0 Å². The molecule has 0 saturated carbocycles. The van der Waals surface area contributed by atoms with E-state index in [2.05, 4.69) is 15.9 Å². The summed E-state index contributed by atoms with van der Waals surface area (Å²) in [5.41, 5.74) is 1.37. The predicted octanol–water partition coefficient (Wildman–Crippen LogP) is 6.10. The lowest BCUT2D eigenvalue weighted by atomic mass is 10.0. The molecule has 0 aliphatic rings. The van der Waals surface area contributed by atoms with Gasteiger partial charge in [-0.15, -0.1) is 11.6 Å². The molecule has 0 fully saturated rings. The highest BCUT2D eigenvalue weighted by atomic mass is 79.9. The molecule has 2 aromatic rings. The summed E-state index contributed by atoms with van der Waals surface area (Å²) < 4.78 is 11.5. The van der Waals surface area contributed by atoms with E-state index >= 15 is 0 Å². The fourth-order valence-electron chi connectivity index (χ4n) is 1.99. The van der Waals surface area contributed by atoms with Gasteiger partial charge in [-0.25, -0.2) is 0 Å². The first-order chi connectivity index (χ1) is 9.99. The van der Waals surface area contributed by atoms with Crippen LogP contribution in [0.1, 0.15) is 16.5 Å². The lowest BCUT2D eigenvalue weighted by Crippen LogP contribution is -2.00. The van der Waals surface area contributed by atoms with Crippen LogP contribution in [0.4, 0.5) is 0 Å². The summed E-state index contributed by atoms with van der Waals surface area (Å²) in [7, 11) is 3.16. The second-order valence-corrected chi connectivity index (χ2v) is 6.33. The number of alkyl halides is 1. The van der Waals surface area contributed by atoms with Gasteiger partial charge < -0.3 is 9.47 Å². The van der Waals surface area contributed by atoms with Gasteiger partial charge in [0, 0.05) is 21.2 Å². The summed E-state index contributed by atoms with van der Waals surface area (Å²) in [5.74, 6) is 1.28. The molecule has 0 aliphatic carbocycles. The first kappa shape index (κ1) is 16.8. The average Bonchev–Trinajstić information content (AvgIpc) is 2.46. The third-order valence-electron chi connectivity index (χ3n) is 3.03. The molecule has 0 bridgehead atoms. The van der Waals surface area contributed by atoms with E-state index in [0.717, 1.165) is 10.0 Å². The summed E-state index contributed by atoms with van der Waals surface area (Å²) in [6, 6.07) is 8.88. The topological polar surface area (TPSA) is 18.5 Å². The van der Waals surface area contributed by atoms with Gasteiger partial charge in [-0.3, -0.25) is 0 Å². The smallest absolute Gasteiger partial charge is 0.133 e. The Morgan fingerprint density at radius 2 is 1.57 bits per heavy atom. The maximum atomic E-state index is 6.59. The molecule has 0 spiro atoms. The number of benzene rings is 2. The van der Waals surface area contributed by atoms with Crippen LogP contribution < -0.4 is 9.47 Å². The molecule has 0 aromatic heterocycles. The zero-order chi connectivity index (χ0) is 15.6. The third-order valence-corrected chi connectivity index (χ3v) is 4.76. The van der Waals surface area contributed by atoms with Crippen LogP contribution in [-0.4, -0.2) is 14.2 Å². The molecule has 2 rings (SSSR count). The molecular formula is C15H12BrCl3O2. The van der Waals surface area contributed by atoms with Crippen LogP contribution in [0.15, 0.2) is 34.8 Å². The first-order valence-electron chi connectivity index (χ1n) is 5.99. The van der Waals surface area contributed by atoms with Crippen molar-refractivity contribution in [3.63, 3.8) is 0 Å². The highest BCUT2D eigenvalue weighted by Crippen LogP contribution is 2.44. The fraction of sp³-hybridized carbons (Fsp3) is 0.200. The van der Waals surface area contributed by atoms with Gasteiger partial charge in [0.1, 0.15) is 11.5 Å². The molecule has 112 valence electrons. The SMILES string of the molecule is COc1cc(C(Cl)c2c(Cl)cccc2Cl)c(OC)cc1Br. The summed E-state index contributed by atoms with van der Waals surface area (Å²) in [4.78, 5) is 0. The Morgan fingerprint density at radius 1 is 1.00 bits per heavy atom. The molecule has 1 atom stereocenters. The van der Waals surface area contributed by atoms with Crippen LogP contribution in [-0.2, 0) is 0 Å². The minimum atomic E-state index is -0.553. The Labute approximate surface area is 147 Å². The van der Waals surface area contributed by atoms with Gasteiger partial charge >= 0.3 is 0 Å². The molecule has 1 unspecified atom stereocenters. The Bertz CT molecular complexity index is 641. The summed E-state index contributed by atoms with van der Waals surface area (Å²) >= 11 is 22.5. The Balaban J connectivity index is 2.59. The minimum absolute atomic E-state index is 0.506. The molecule has 2 nitrogen and oxygen atoms in total. The van der Waals surface area contributed by atoms with E-state index in [1.54, 1.807) is 44.6 Å². The van der Waals surface area contributed by atoms with Crippen LogP contribution >= 0.6 is 50.7 Å². The van der Waals surface area contributed by atoms with E-state index < -0.39 is 5.38 Å². The highest BCUT2D eigenvalue weighted by Gasteiger charge is 2.22. The van der Waals surface area contributed by atoms with Crippen molar-refractivity contribution in [3.8, 4) is 11.5 Å². The normalized spacial score (nSPS) is 12.1. The molecule has 6 heteroatoms. The lowest BCUT2D eigenvalue weighted by Gasteiger charge is -2.18.